The third-order valence-electron chi connectivity index (χ3n) is 3.77. The van der Waals surface area contributed by atoms with Crippen molar-refractivity contribution in [2.45, 2.75) is 13.8 Å². The van der Waals surface area contributed by atoms with Crippen LogP contribution in [-0.4, -0.2) is 17.8 Å². The minimum Gasteiger partial charge on any atom is -0.273 e. The molecule has 5 nitrogen and oxygen atoms in total. The van der Waals surface area contributed by atoms with E-state index in [0.717, 1.165) is 22.1 Å². The number of halogens is 1. The molecular weight excluding hydrogens is 323 g/mol. The number of anilines is 1. The van der Waals surface area contributed by atoms with Crippen LogP contribution >= 0.6 is 0 Å². The largest absolute Gasteiger partial charge is 0.335 e. The Bertz CT molecular complexity index is 914. The van der Waals surface area contributed by atoms with Gasteiger partial charge in [0, 0.05) is 5.56 Å². The molecule has 1 saturated heterocycles. The van der Waals surface area contributed by atoms with E-state index in [0.29, 0.717) is 5.69 Å². The quantitative estimate of drug-likeness (QED) is 0.676. The van der Waals surface area contributed by atoms with Gasteiger partial charge >= 0.3 is 6.03 Å². The van der Waals surface area contributed by atoms with E-state index < -0.39 is 23.7 Å². The Kier molecular flexibility index (Phi) is 4.19. The summed E-state index contributed by atoms with van der Waals surface area (Å²) in [5, 5.41) is 2.12. The molecule has 126 valence electrons. The number of carbonyl (C=O) groups excluding carboxylic acids is 3. The van der Waals surface area contributed by atoms with Gasteiger partial charge in [-0.3, -0.25) is 14.9 Å². The van der Waals surface area contributed by atoms with Gasteiger partial charge < -0.3 is 0 Å². The normalized spacial score (nSPS) is 16.4. The van der Waals surface area contributed by atoms with Crippen LogP contribution in [0.1, 0.15) is 16.7 Å². The van der Waals surface area contributed by atoms with E-state index in [2.05, 4.69) is 5.32 Å². The molecule has 1 aliphatic heterocycles. The van der Waals surface area contributed by atoms with Crippen molar-refractivity contribution >= 4 is 29.6 Å². The summed E-state index contributed by atoms with van der Waals surface area (Å²) in [4.78, 5) is 37.9. The van der Waals surface area contributed by atoms with Crippen molar-refractivity contribution in [1.82, 2.24) is 5.32 Å². The van der Waals surface area contributed by atoms with Gasteiger partial charge in [-0.25, -0.2) is 14.1 Å². The summed E-state index contributed by atoms with van der Waals surface area (Å²) in [6, 6.07) is 10.2. The first-order valence-electron chi connectivity index (χ1n) is 7.61. The third kappa shape index (κ3) is 3.19. The number of nitrogens with zero attached hydrogens (tertiary/aromatic N) is 1. The monoisotopic (exact) mass is 338 g/mol. The Labute approximate surface area is 143 Å². The highest BCUT2D eigenvalue weighted by molar-refractivity contribution is 6.39. The van der Waals surface area contributed by atoms with Gasteiger partial charge in [0.25, 0.3) is 11.8 Å². The van der Waals surface area contributed by atoms with Crippen molar-refractivity contribution in [3.8, 4) is 0 Å². The lowest BCUT2D eigenvalue weighted by atomic mass is 10.1. The standard InChI is InChI=1S/C19H15FN2O3/c1-11-7-12(2)9-14(8-11)22-18(24)15(17(23)21-19(22)25)10-13-5-3-4-6-16(13)20/h3-10H,1-2H3,(H,21,23,25)/b15-10+. The van der Waals surface area contributed by atoms with Gasteiger partial charge in [0.15, 0.2) is 0 Å². The predicted octanol–water partition coefficient (Wildman–Crippen LogP) is 3.11. The number of carbonyl (C=O) groups is 3. The summed E-state index contributed by atoms with van der Waals surface area (Å²) in [6.07, 6.45) is 1.15. The molecule has 0 unspecified atom stereocenters. The fourth-order valence-electron chi connectivity index (χ4n) is 2.72. The highest BCUT2D eigenvalue weighted by Gasteiger charge is 2.37. The SMILES string of the molecule is Cc1cc(C)cc(N2C(=O)NC(=O)/C(=C\c3ccccc3F)C2=O)c1. The fourth-order valence-corrected chi connectivity index (χ4v) is 2.72. The minimum atomic E-state index is -0.848. The second-order valence-electron chi connectivity index (χ2n) is 5.83. The Morgan fingerprint density at radius 2 is 1.64 bits per heavy atom. The van der Waals surface area contributed by atoms with Crippen LogP contribution in [0, 0.1) is 19.7 Å². The van der Waals surface area contributed by atoms with E-state index in [1.165, 1.54) is 18.2 Å². The summed E-state index contributed by atoms with van der Waals surface area (Å²) >= 11 is 0. The Morgan fingerprint density at radius 3 is 2.28 bits per heavy atom. The van der Waals surface area contributed by atoms with Crippen LogP contribution in [0.25, 0.3) is 6.08 Å². The lowest BCUT2D eigenvalue weighted by Crippen LogP contribution is -2.54. The zero-order chi connectivity index (χ0) is 18.1. The number of barbiturate groups is 1. The minimum absolute atomic E-state index is 0.0933. The average Bonchev–Trinajstić information content (AvgIpc) is 2.52. The lowest BCUT2D eigenvalue weighted by molar-refractivity contribution is -0.122. The molecule has 0 atom stereocenters. The molecule has 1 aliphatic rings. The predicted molar refractivity (Wildman–Crippen MR) is 91.3 cm³/mol. The van der Waals surface area contributed by atoms with Crippen molar-refractivity contribution in [1.29, 1.82) is 0 Å². The van der Waals surface area contributed by atoms with Crippen molar-refractivity contribution in [3.05, 3.63) is 70.5 Å². The highest BCUT2D eigenvalue weighted by Crippen LogP contribution is 2.24. The molecule has 25 heavy (non-hydrogen) atoms. The second-order valence-corrected chi connectivity index (χ2v) is 5.83. The number of aryl methyl sites for hydroxylation is 2. The molecule has 6 heteroatoms. The molecule has 1 N–H and O–H groups in total. The van der Waals surface area contributed by atoms with Crippen LogP contribution in [-0.2, 0) is 9.59 Å². The molecule has 1 heterocycles. The molecular formula is C19H15FN2O3. The van der Waals surface area contributed by atoms with Crippen molar-refractivity contribution in [3.63, 3.8) is 0 Å². The van der Waals surface area contributed by atoms with Gasteiger partial charge in [-0.05, 0) is 49.2 Å². The zero-order valence-electron chi connectivity index (χ0n) is 13.7. The van der Waals surface area contributed by atoms with E-state index in [-0.39, 0.29) is 11.1 Å². The van der Waals surface area contributed by atoms with Crippen LogP contribution in [0.5, 0.6) is 0 Å². The summed E-state index contributed by atoms with van der Waals surface area (Å²) < 4.78 is 13.8. The van der Waals surface area contributed by atoms with Crippen molar-refractivity contribution in [2.75, 3.05) is 4.90 Å². The topological polar surface area (TPSA) is 66.5 Å². The van der Waals surface area contributed by atoms with Gasteiger partial charge in [-0.1, -0.05) is 24.3 Å². The Hall–Kier alpha value is -3.28. The van der Waals surface area contributed by atoms with Crippen LogP contribution in [0.2, 0.25) is 0 Å². The summed E-state index contributed by atoms with van der Waals surface area (Å²) in [5.74, 6) is -2.20. The molecule has 0 bridgehead atoms. The molecule has 2 aromatic rings. The van der Waals surface area contributed by atoms with E-state index in [1.807, 2.05) is 19.9 Å². The van der Waals surface area contributed by atoms with Crippen LogP contribution < -0.4 is 10.2 Å². The number of urea groups is 1. The van der Waals surface area contributed by atoms with Gasteiger partial charge in [0.1, 0.15) is 11.4 Å². The number of hydrogen-bond donors (Lipinski definition) is 1. The number of imide groups is 2. The molecule has 3 rings (SSSR count). The van der Waals surface area contributed by atoms with Gasteiger partial charge in [0.2, 0.25) is 0 Å². The third-order valence-corrected chi connectivity index (χ3v) is 3.77. The first kappa shape index (κ1) is 16.6. The van der Waals surface area contributed by atoms with Crippen LogP contribution in [0.15, 0.2) is 48.0 Å². The molecule has 0 saturated carbocycles. The van der Waals surface area contributed by atoms with Crippen LogP contribution in [0.4, 0.5) is 14.9 Å². The highest BCUT2D eigenvalue weighted by atomic mass is 19.1. The Morgan fingerprint density at radius 1 is 1.00 bits per heavy atom. The molecule has 0 radical (unpaired) electrons. The summed E-state index contributed by atoms with van der Waals surface area (Å²) in [5.41, 5.74) is 1.88. The van der Waals surface area contributed by atoms with E-state index in [1.54, 1.807) is 18.2 Å². The molecule has 0 spiro atoms. The van der Waals surface area contributed by atoms with Crippen molar-refractivity contribution < 1.29 is 18.8 Å². The smallest absolute Gasteiger partial charge is 0.273 e. The second kappa shape index (κ2) is 6.32. The van der Waals surface area contributed by atoms with E-state index in [9.17, 15) is 18.8 Å². The van der Waals surface area contributed by atoms with E-state index in [4.69, 9.17) is 0 Å². The number of rotatable bonds is 2. The van der Waals surface area contributed by atoms with Crippen molar-refractivity contribution in [2.24, 2.45) is 0 Å². The first-order valence-corrected chi connectivity index (χ1v) is 7.61. The van der Waals surface area contributed by atoms with Gasteiger partial charge in [-0.2, -0.15) is 0 Å². The maximum Gasteiger partial charge on any atom is 0.335 e. The number of hydrogen-bond acceptors (Lipinski definition) is 3. The summed E-state index contributed by atoms with van der Waals surface area (Å²) in [6.45, 7) is 3.67. The molecule has 0 aromatic heterocycles. The molecule has 1 fully saturated rings. The fraction of sp³-hybridized carbons (Fsp3) is 0.105. The number of nitrogens with one attached hydrogen (secondary N) is 1. The molecule has 2 aromatic carbocycles. The van der Waals surface area contributed by atoms with E-state index >= 15 is 0 Å². The molecule has 4 amide bonds. The van der Waals surface area contributed by atoms with Gasteiger partial charge in [-0.15, -0.1) is 0 Å². The number of benzene rings is 2. The first-order chi connectivity index (χ1) is 11.9. The maximum absolute atomic E-state index is 13.8. The average molecular weight is 338 g/mol. The lowest BCUT2D eigenvalue weighted by Gasteiger charge is -2.27. The van der Waals surface area contributed by atoms with Crippen LogP contribution in [0.3, 0.4) is 0 Å². The maximum atomic E-state index is 13.8. The van der Waals surface area contributed by atoms with Gasteiger partial charge in [0.05, 0.1) is 5.69 Å². The molecule has 0 aliphatic carbocycles. The number of amides is 4. The zero-order valence-corrected chi connectivity index (χ0v) is 13.7. The summed E-state index contributed by atoms with van der Waals surface area (Å²) in [7, 11) is 0. The Balaban J connectivity index is 2.07.